The molecule has 0 fully saturated rings. The fraction of sp³-hybridized carbons (Fsp3) is 0.286. The Balaban J connectivity index is 0.000000295. The lowest BCUT2D eigenvalue weighted by Crippen LogP contribution is -2.21. The van der Waals surface area contributed by atoms with Crippen LogP contribution in [0.5, 0.6) is 0 Å². The number of nitrogens with zero attached hydrogens (tertiary/aromatic N) is 2. The predicted octanol–water partition coefficient (Wildman–Crippen LogP) is 2.58. The fourth-order valence-electron chi connectivity index (χ4n) is 1.62. The highest BCUT2D eigenvalue weighted by Gasteiger charge is 2.38. The van der Waals surface area contributed by atoms with Crippen LogP contribution in [0.2, 0.25) is 0 Å². The number of halogens is 3. The summed E-state index contributed by atoms with van der Waals surface area (Å²) in [6.45, 7) is 2.80. The molecule has 22 heavy (non-hydrogen) atoms. The summed E-state index contributed by atoms with van der Waals surface area (Å²) in [5.74, 6) is -2.76. The Kier molecular flexibility index (Phi) is 6.11. The van der Waals surface area contributed by atoms with Crippen LogP contribution in [0.4, 0.5) is 13.2 Å². The Bertz CT molecular complexity index is 595. The van der Waals surface area contributed by atoms with Crippen LogP contribution in [0.15, 0.2) is 42.9 Å². The standard InChI is InChI=1S/C12H15N3.C2HF3O2/c1-10(13)12-7-14-9-15(12)8-11-5-3-2-4-6-11;3-2(4,5)1(6)7/h2-7,9-10H,8,13H2,1H3;(H,6,7). The Morgan fingerprint density at radius 2 is 1.91 bits per heavy atom. The number of hydrogen-bond acceptors (Lipinski definition) is 3. The van der Waals surface area contributed by atoms with Gasteiger partial charge in [-0.15, -0.1) is 0 Å². The van der Waals surface area contributed by atoms with Gasteiger partial charge >= 0.3 is 12.1 Å². The Morgan fingerprint density at radius 3 is 2.36 bits per heavy atom. The van der Waals surface area contributed by atoms with E-state index in [1.165, 1.54) is 5.56 Å². The summed E-state index contributed by atoms with van der Waals surface area (Å²) >= 11 is 0. The van der Waals surface area contributed by atoms with E-state index in [-0.39, 0.29) is 6.04 Å². The van der Waals surface area contributed by atoms with Crippen molar-refractivity contribution in [1.82, 2.24) is 9.55 Å². The number of imidazole rings is 1. The highest BCUT2D eigenvalue weighted by atomic mass is 19.4. The van der Waals surface area contributed by atoms with Gasteiger partial charge < -0.3 is 15.4 Å². The monoisotopic (exact) mass is 315 g/mol. The Hall–Kier alpha value is -2.35. The lowest BCUT2D eigenvalue weighted by Gasteiger charge is -2.10. The molecule has 3 N–H and O–H groups in total. The van der Waals surface area contributed by atoms with Crippen molar-refractivity contribution >= 4 is 5.97 Å². The lowest BCUT2D eigenvalue weighted by molar-refractivity contribution is -0.192. The first-order chi connectivity index (χ1) is 10.2. The van der Waals surface area contributed by atoms with Crippen molar-refractivity contribution in [2.45, 2.75) is 25.7 Å². The van der Waals surface area contributed by atoms with Crippen LogP contribution < -0.4 is 5.73 Å². The van der Waals surface area contributed by atoms with Gasteiger partial charge in [-0.05, 0) is 12.5 Å². The number of hydrogen-bond donors (Lipinski definition) is 2. The molecule has 1 atom stereocenters. The number of benzene rings is 1. The van der Waals surface area contributed by atoms with Gasteiger partial charge in [-0.2, -0.15) is 13.2 Å². The van der Waals surface area contributed by atoms with Crippen molar-refractivity contribution in [2.75, 3.05) is 0 Å². The molecule has 0 aliphatic rings. The maximum Gasteiger partial charge on any atom is 0.490 e. The lowest BCUT2D eigenvalue weighted by atomic mass is 10.2. The van der Waals surface area contributed by atoms with Crippen LogP contribution in [-0.2, 0) is 11.3 Å². The number of carboxylic acids is 1. The van der Waals surface area contributed by atoms with E-state index in [0.29, 0.717) is 0 Å². The van der Waals surface area contributed by atoms with Crippen LogP contribution in [-0.4, -0.2) is 26.8 Å². The molecule has 8 heteroatoms. The van der Waals surface area contributed by atoms with E-state index in [2.05, 4.69) is 21.7 Å². The zero-order valence-corrected chi connectivity index (χ0v) is 11.8. The average Bonchev–Trinajstić information content (AvgIpc) is 2.88. The minimum Gasteiger partial charge on any atom is -0.475 e. The highest BCUT2D eigenvalue weighted by molar-refractivity contribution is 5.73. The smallest absolute Gasteiger partial charge is 0.475 e. The normalized spacial score (nSPS) is 12.2. The molecule has 0 amide bonds. The summed E-state index contributed by atoms with van der Waals surface area (Å²) in [5.41, 5.74) is 8.18. The second-order valence-electron chi connectivity index (χ2n) is 4.52. The third-order valence-corrected chi connectivity index (χ3v) is 2.65. The van der Waals surface area contributed by atoms with Gasteiger partial charge in [0, 0.05) is 18.8 Å². The Labute approximate surface area is 125 Å². The minimum atomic E-state index is -5.08. The predicted molar refractivity (Wildman–Crippen MR) is 74.1 cm³/mol. The van der Waals surface area contributed by atoms with Gasteiger partial charge in [0.2, 0.25) is 0 Å². The van der Waals surface area contributed by atoms with Crippen molar-refractivity contribution in [3.63, 3.8) is 0 Å². The van der Waals surface area contributed by atoms with Crippen molar-refractivity contribution in [3.8, 4) is 0 Å². The maximum atomic E-state index is 10.6. The van der Waals surface area contributed by atoms with E-state index in [0.717, 1.165) is 12.2 Å². The third kappa shape index (κ3) is 5.57. The number of aromatic nitrogens is 2. The molecule has 2 aromatic rings. The molecular weight excluding hydrogens is 299 g/mol. The molecular formula is C14H16F3N3O2. The van der Waals surface area contributed by atoms with Gasteiger partial charge in [0.1, 0.15) is 0 Å². The number of alkyl halides is 3. The zero-order valence-electron chi connectivity index (χ0n) is 11.8. The molecule has 0 saturated heterocycles. The summed E-state index contributed by atoms with van der Waals surface area (Å²) < 4.78 is 33.8. The van der Waals surface area contributed by atoms with Gasteiger partial charge in [-0.1, -0.05) is 30.3 Å². The summed E-state index contributed by atoms with van der Waals surface area (Å²) in [4.78, 5) is 13.0. The SMILES string of the molecule is CC(N)c1cncn1Cc1ccccc1.O=C(O)C(F)(F)F. The van der Waals surface area contributed by atoms with E-state index in [1.54, 1.807) is 0 Å². The summed E-state index contributed by atoms with van der Waals surface area (Å²) in [6, 6.07) is 10.3. The van der Waals surface area contributed by atoms with Gasteiger partial charge in [0.05, 0.1) is 12.0 Å². The first-order valence-electron chi connectivity index (χ1n) is 6.31. The maximum absolute atomic E-state index is 10.6. The molecule has 1 unspecified atom stereocenters. The molecule has 0 aliphatic carbocycles. The van der Waals surface area contributed by atoms with Crippen LogP contribution in [0.25, 0.3) is 0 Å². The van der Waals surface area contributed by atoms with Crippen LogP contribution in [0.3, 0.4) is 0 Å². The van der Waals surface area contributed by atoms with Crippen molar-refractivity contribution in [1.29, 1.82) is 0 Å². The molecule has 1 heterocycles. The summed E-state index contributed by atoms with van der Waals surface area (Å²) in [7, 11) is 0. The first kappa shape index (κ1) is 17.7. The molecule has 120 valence electrons. The van der Waals surface area contributed by atoms with E-state index >= 15 is 0 Å². The highest BCUT2D eigenvalue weighted by Crippen LogP contribution is 2.13. The van der Waals surface area contributed by atoms with Crippen molar-refractivity contribution in [2.24, 2.45) is 5.73 Å². The number of nitrogens with two attached hydrogens (primary N) is 1. The largest absolute Gasteiger partial charge is 0.490 e. The molecule has 0 spiro atoms. The quantitative estimate of drug-likeness (QED) is 0.912. The van der Waals surface area contributed by atoms with Gasteiger partial charge in [-0.3, -0.25) is 0 Å². The minimum absolute atomic E-state index is 0.0243. The first-order valence-corrected chi connectivity index (χ1v) is 6.31. The van der Waals surface area contributed by atoms with Crippen molar-refractivity contribution < 1.29 is 23.1 Å². The molecule has 1 aromatic heterocycles. The fourth-order valence-corrected chi connectivity index (χ4v) is 1.62. The molecule has 5 nitrogen and oxygen atoms in total. The summed E-state index contributed by atoms with van der Waals surface area (Å²) in [6.07, 6.45) is -1.43. The van der Waals surface area contributed by atoms with E-state index < -0.39 is 12.1 Å². The van der Waals surface area contributed by atoms with Crippen molar-refractivity contribution in [3.05, 3.63) is 54.1 Å². The molecule has 0 bridgehead atoms. The molecule has 0 saturated carbocycles. The number of carboxylic acid groups (broad SMARTS) is 1. The third-order valence-electron chi connectivity index (χ3n) is 2.65. The van der Waals surface area contributed by atoms with Gasteiger partial charge in [0.25, 0.3) is 0 Å². The summed E-state index contributed by atoms with van der Waals surface area (Å²) in [5, 5.41) is 7.12. The number of aliphatic carboxylic acids is 1. The molecule has 2 rings (SSSR count). The second kappa shape index (κ2) is 7.60. The topological polar surface area (TPSA) is 81.1 Å². The molecule has 0 aliphatic heterocycles. The van der Waals surface area contributed by atoms with Crippen LogP contribution in [0.1, 0.15) is 24.2 Å². The van der Waals surface area contributed by atoms with E-state index in [1.807, 2.05) is 37.6 Å². The molecule has 1 aromatic carbocycles. The van der Waals surface area contributed by atoms with E-state index in [9.17, 15) is 13.2 Å². The number of rotatable bonds is 3. The zero-order chi connectivity index (χ0) is 16.8. The number of carbonyl (C=O) groups is 1. The van der Waals surface area contributed by atoms with Crippen LogP contribution in [0, 0.1) is 0 Å². The van der Waals surface area contributed by atoms with Crippen LogP contribution >= 0.6 is 0 Å². The average molecular weight is 315 g/mol. The van der Waals surface area contributed by atoms with Gasteiger partial charge in [0.15, 0.2) is 0 Å². The van der Waals surface area contributed by atoms with E-state index in [4.69, 9.17) is 15.6 Å². The Morgan fingerprint density at radius 1 is 1.36 bits per heavy atom. The molecule has 0 radical (unpaired) electrons. The second-order valence-corrected chi connectivity index (χ2v) is 4.52. The van der Waals surface area contributed by atoms with Gasteiger partial charge in [-0.25, -0.2) is 9.78 Å².